The summed E-state index contributed by atoms with van der Waals surface area (Å²) in [5.41, 5.74) is 15.4. The first kappa shape index (κ1) is 20.8. The lowest BCUT2D eigenvalue weighted by Crippen LogP contribution is -2.46. The zero-order valence-electron chi connectivity index (χ0n) is 17.9. The van der Waals surface area contributed by atoms with Gasteiger partial charge in [-0.3, -0.25) is 10.1 Å². The van der Waals surface area contributed by atoms with Gasteiger partial charge in [-0.2, -0.15) is 5.10 Å². The molecule has 5 rings (SSSR count). The number of alkyl halides is 1. The summed E-state index contributed by atoms with van der Waals surface area (Å²) in [4.78, 5) is 7.40. The van der Waals surface area contributed by atoms with Gasteiger partial charge in [0, 0.05) is 55.4 Å². The van der Waals surface area contributed by atoms with Crippen molar-refractivity contribution in [2.24, 2.45) is 11.7 Å². The van der Waals surface area contributed by atoms with Crippen LogP contribution in [0.2, 0.25) is 0 Å². The monoisotopic (exact) mass is 428 g/mol. The van der Waals surface area contributed by atoms with Gasteiger partial charge in [0.2, 0.25) is 0 Å². The number of nitrogens with one attached hydrogen (secondary N) is 3. The lowest BCUT2D eigenvalue weighted by Gasteiger charge is -2.34. The average Bonchev–Trinajstić information content (AvgIpc) is 3.37. The number of aryl methyl sites for hydroxylation is 1. The Balaban J connectivity index is 1.32. The fourth-order valence-corrected chi connectivity index (χ4v) is 5.26. The van der Waals surface area contributed by atoms with Crippen molar-refractivity contribution in [3.05, 3.63) is 41.9 Å². The van der Waals surface area contributed by atoms with Crippen LogP contribution in [-0.2, 0) is 6.54 Å². The summed E-state index contributed by atoms with van der Waals surface area (Å²) in [6, 6.07) is 7.27. The van der Waals surface area contributed by atoms with E-state index in [2.05, 4.69) is 44.4 Å². The van der Waals surface area contributed by atoms with Gasteiger partial charge < -0.3 is 16.0 Å². The molecule has 2 aromatic heterocycles. The van der Waals surface area contributed by atoms with E-state index < -0.39 is 6.67 Å². The quantitative estimate of drug-likeness (QED) is 0.572. The highest BCUT2D eigenvalue weighted by molar-refractivity contribution is 5.40. The number of hydrogen-bond acceptors (Lipinski definition) is 7. The van der Waals surface area contributed by atoms with Crippen molar-refractivity contribution in [3.8, 4) is 0 Å². The van der Waals surface area contributed by atoms with Gasteiger partial charge in [0.25, 0.3) is 0 Å². The van der Waals surface area contributed by atoms with Crippen LogP contribution < -0.4 is 26.8 Å². The highest BCUT2D eigenvalue weighted by Crippen LogP contribution is 2.38. The zero-order valence-corrected chi connectivity index (χ0v) is 17.9. The van der Waals surface area contributed by atoms with Crippen molar-refractivity contribution in [3.63, 3.8) is 0 Å². The Bertz CT molecular complexity index is 873. The zero-order chi connectivity index (χ0) is 21.2. The standard InChI is InChI=1S/C22H33FN8/c23-7-9-31-13-15(11-26-31)19-10-17-20(12-25-19)28-29-22(17)18-5-3-6-21(27-18)30-8-2-1-4-16(24)14-30/h3,5-6,11,13,16-17,19-20,22,25,28-29H,1-2,4,7-10,12,14,24H2/t16-,17?,19?,20?,22?/m0/s1. The number of piperidine rings is 1. The van der Waals surface area contributed by atoms with Crippen molar-refractivity contribution in [2.45, 2.75) is 56.4 Å². The smallest absolute Gasteiger partial charge is 0.128 e. The fourth-order valence-electron chi connectivity index (χ4n) is 5.26. The molecule has 3 aliphatic heterocycles. The molecule has 9 heteroatoms. The maximum atomic E-state index is 12.6. The molecule has 168 valence electrons. The number of halogens is 1. The molecule has 4 unspecified atom stereocenters. The summed E-state index contributed by atoms with van der Waals surface area (Å²) in [7, 11) is 0. The van der Waals surface area contributed by atoms with E-state index in [0.29, 0.717) is 18.5 Å². The predicted molar refractivity (Wildman–Crippen MR) is 118 cm³/mol. The maximum Gasteiger partial charge on any atom is 0.128 e. The number of anilines is 1. The first-order valence-corrected chi connectivity index (χ1v) is 11.5. The van der Waals surface area contributed by atoms with Crippen LogP contribution in [0.15, 0.2) is 30.6 Å². The van der Waals surface area contributed by atoms with E-state index in [9.17, 15) is 4.39 Å². The number of rotatable bonds is 5. The summed E-state index contributed by atoms with van der Waals surface area (Å²) in [6.07, 6.45) is 8.23. The molecule has 5 N–H and O–H groups in total. The van der Waals surface area contributed by atoms with Crippen molar-refractivity contribution < 1.29 is 4.39 Å². The molecule has 31 heavy (non-hydrogen) atoms. The Morgan fingerprint density at radius 1 is 1.23 bits per heavy atom. The highest BCUT2D eigenvalue weighted by atomic mass is 19.1. The molecule has 0 bridgehead atoms. The molecule has 0 radical (unpaired) electrons. The van der Waals surface area contributed by atoms with E-state index in [1.54, 1.807) is 4.68 Å². The second-order valence-electron chi connectivity index (χ2n) is 9.08. The van der Waals surface area contributed by atoms with Crippen molar-refractivity contribution in [1.29, 1.82) is 0 Å². The normalized spacial score (nSPS) is 31.4. The van der Waals surface area contributed by atoms with Crippen LogP contribution in [0.3, 0.4) is 0 Å². The Labute approximate surface area is 182 Å². The second kappa shape index (κ2) is 9.20. The van der Waals surface area contributed by atoms with E-state index in [-0.39, 0.29) is 18.1 Å². The lowest BCUT2D eigenvalue weighted by atomic mass is 9.82. The third-order valence-electron chi connectivity index (χ3n) is 6.94. The van der Waals surface area contributed by atoms with Crippen molar-refractivity contribution in [1.82, 2.24) is 30.9 Å². The molecule has 2 aromatic rings. The van der Waals surface area contributed by atoms with Gasteiger partial charge in [-0.05, 0) is 31.4 Å². The van der Waals surface area contributed by atoms with Gasteiger partial charge in [0.15, 0.2) is 0 Å². The number of aromatic nitrogens is 3. The third kappa shape index (κ3) is 4.45. The van der Waals surface area contributed by atoms with E-state index >= 15 is 0 Å². The number of hydrogen-bond donors (Lipinski definition) is 4. The van der Waals surface area contributed by atoms with Crippen LogP contribution >= 0.6 is 0 Å². The maximum absolute atomic E-state index is 12.6. The Kier molecular flexibility index (Phi) is 6.17. The van der Waals surface area contributed by atoms with E-state index in [0.717, 1.165) is 56.0 Å². The molecule has 0 saturated carbocycles. The number of pyridine rings is 1. The first-order chi connectivity index (χ1) is 15.2. The minimum atomic E-state index is -0.399. The van der Waals surface area contributed by atoms with Crippen molar-refractivity contribution in [2.75, 3.05) is 31.2 Å². The molecule has 5 atom stereocenters. The molecular formula is C22H33FN8. The van der Waals surface area contributed by atoms with Gasteiger partial charge in [0.1, 0.15) is 12.5 Å². The number of nitrogens with zero attached hydrogens (tertiary/aromatic N) is 4. The van der Waals surface area contributed by atoms with E-state index in [4.69, 9.17) is 10.7 Å². The molecule has 0 aromatic carbocycles. The minimum Gasteiger partial charge on any atom is -0.355 e. The molecule has 3 aliphatic rings. The molecule has 3 saturated heterocycles. The predicted octanol–water partition coefficient (Wildman–Crippen LogP) is 1.43. The Hall–Kier alpha value is -2.07. The Morgan fingerprint density at radius 2 is 2.16 bits per heavy atom. The number of nitrogens with two attached hydrogens (primary N) is 1. The van der Waals surface area contributed by atoms with Gasteiger partial charge in [-0.1, -0.05) is 12.5 Å². The summed E-state index contributed by atoms with van der Waals surface area (Å²) in [5.74, 6) is 1.43. The SMILES string of the molecule is N[C@H]1CCCCN(c2cccc(C3NNC4CNC(c5cnn(CCF)c5)CC43)n2)C1. The van der Waals surface area contributed by atoms with Gasteiger partial charge in [-0.25, -0.2) is 14.8 Å². The summed E-state index contributed by atoms with van der Waals surface area (Å²) in [6.45, 7) is 2.66. The van der Waals surface area contributed by atoms with Crippen molar-refractivity contribution >= 4 is 5.82 Å². The molecule has 8 nitrogen and oxygen atoms in total. The molecule has 3 fully saturated rings. The largest absolute Gasteiger partial charge is 0.355 e. The molecule has 0 aliphatic carbocycles. The average molecular weight is 429 g/mol. The summed E-state index contributed by atoms with van der Waals surface area (Å²) < 4.78 is 14.3. The van der Waals surface area contributed by atoms with Gasteiger partial charge in [-0.15, -0.1) is 0 Å². The lowest BCUT2D eigenvalue weighted by molar-refractivity contribution is 0.265. The van der Waals surface area contributed by atoms with Gasteiger partial charge in [0.05, 0.1) is 24.5 Å². The van der Waals surface area contributed by atoms with Gasteiger partial charge >= 0.3 is 0 Å². The van der Waals surface area contributed by atoms with Crippen LogP contribution in [0.1, 0.15) is 49.0 Å². The van der Waals surface area contributed by atoms with E-state index in [1.165, 1.54) is 6.42 Å². The van der Waals surface area contributed by atoms with E-state index in [1.807, 2.05) is 12.4 Å². The number of hydrazine groups is 1. The minimum absolute atomic E-state index is 0.149. The Morgan fingerprint density at radius 3 is 3.06 bits per heavy atom. The highest BCUT2D eigenvalue weighted by Gasteiger charge is 2.42. The van der Waals surface area contributed by atoms with Crippen LogP contribution in [-0.4, -0.2) is 53.2 Å². The third-order valence-corrected chi connectivity index (χ3v) is 6.94. The fraction of sp³-hybridized carbons (Fsp3) is 0.636. The first-order valence-electron chi connectivity index (χ1n) is 11.5. The van der Waals surface area contributed by atoms with Crippen LogP contribution in [0.25, 0.3) is 0 Å². The molecule has 0 amide bonds. The number of fused-ring (bicyclic) bond motifs is 1. The second-order valence-corrected chi connectivity index (χ2v) is 9.08. The summed E-state index contributed by atoms with van der Waals surface area (Å²) >= 11 is 0. The summed E-state index contributed by atoms with van der Waals surface area (Å²) in [5, 5.41) is 7.92. The van der Waals surface area contributed by atoms with Crippen LogP contribution in [0.5, 0.6) is 0 Å². The molecule has 0 spiro atoms. The van der Waals surface area contributed by atoms with Crippen LogP contribution in [0, 0.1) is 5.92 Å². The topological polar surface area (TPSA) is 96.1 Å². The van der Waals surface area contributed by atoms with Crippen LogP contribution in [0.4, 0.5) is 10.2 Å². The molecule has 5 heterocycles. The molecular weight excluding hydrogens is 395 g/mol.